The zero-order valence-electron chi connectivity index (χ0n) is 7.15. The van der Waals surface area contributed by atoms with Crippen LogP contribution < -0.4 is 4.90 Å². The third-order valence-electron chi connectivity index (χ3n) is 2.25. The molecular weight excluding hydrogens is 279 g/mol. The van der Waals surface area contributed by atoms with Crippen LogP contribution in [-0.2, 0) is 0 Å². The summed E-state index contributed by atoms with van der Waals surface area (Å²) in [5, 5.41) is 8.87. The number of hydrogen-bond donors (Lipinski definition) is 1. The molecule has 0 aromatic carbocycles. The summed E-state index contributed by atoms with van der Waals surface area (Å²) in [6.45, 7) is 2.16. The third-order valence-corrected chi connectivity index (χ3v) is 3.10. The van der Waals surface area contributed by atoms with Gasteiger partial charge in [0.2, 0.25) is 0 Å². The van der Waals surface area contributed by atoms with E-state index in [1.165, 1.54) is 3.57 Å². The van der Waals surface area contributed by atoms with E-state index in [1.807, 2.05) is 12.3 Å². The van der Waals surface area contributed by atoms with Crippen LogP contribution in [0.25, 0.3) is 0 Å². The molecule has 2 rings (SSSR count). The summed E-state index contributed by atoms with van der Waals surface area (Å²) in [6.07, 6.45) is 1.81. The molecule has 0 amide bonds. The van der Waals surface area contributed by atoms with E-state index in [1.54, 1.807) is 0 Å². The summed E-state index contributed by atoms with van der Waals surface area (Å²) in [4.78, 5) is 6.50. The minimum absolute atomic E-state index is 0.292. The van der Waals surface area contributed by atoms with Gasteiger partial charge >= 0.3 is 0 Å². The van der Waals surface area contributed by atoms with Crippen LogP contribution in [0.15, 0.2) is 18.3 Å². The second-order valence-corrected chi connectivity index (χ2v) is 4.42. The summed E-state index contributed by atoms with van der Waals surface area (Å²) in [6, 6.07) is 3.99. The lowest BCUT2D eigenvalue weighted by atomic mass is 10.0. The van der Waals surface area contributed by atoms with E-state index < -0.39 is 0 Å². The standard InChI is InChI=1S/C9H11IN2O/c10-8-2-1-3-11-9(8)12-4-7(5-12)6-13/h1-3,7,13H,4-6H2. The first-order valence-electron chi connectivity index (χ1n) is 4.27. The number of aliphatic hydroxyl groups excluding tert-OH is 1. The average Bonchev–Trinajstić information content (AvgIpc) is 2.06. The van der Waals surface area contributed by atoms with Crippen molar-refractivity contribution in [3.8, 4) is 0 Å². The maximum absolute atomic E-state index is 8.87. The molecule has 0 saturated carbocycles. The van der Waals surface area contributed by atoms with Crippen LogP contribution >= 0.6 is 22.6 Å². The van der Waals surface area contributed by atoms with Crippen LogP contribution in [0.2, 0.25) is 0 Å². The van der Waals surface area contributed by atoms with Gasteiger partial charge in [-0.25, -0.2) is 4.98 Å². The first kappa shape index (κ1) is 9.21. The molecule has 0 bridgehead atoms. The first-order valence-corrected chi connectivity index (χ1v) is 5.35. The van der Waals surface area contributed by atoms with Crippen LogP contribution in [0.5, 0.6) is 0 Å². The molecule has 1 aromatic heterocycles. The lowest BCUT2D eigenvalue weighted by molar-refractivity contribution is 0.200. The number of halogens is 1. The molecule has 3 nitrogen and oxygen atoms in total. The number of pyridine rings is 1. The molecule has 1 aliphatic heterocycles. The molecule has 1 fully saturated rings. The minimum Gasteiger partial charge on any atom is -0.396 e. The predicted molar refractivity (Wildman–Crippen MR) is 59.7 cm³/mol. The predicted octanol–water partition coefficient (Wildman–Crippen LogP) is 1.11. The van der Waals surface area contributed by atoms with Gasteiger partial charge in [0, 0.05) is 31.8 Å². The van der Waals surface area contributed by atoms with Crippen LogP contribution in [0, 0.1) is 9.49 Å². The summed E-state index contributed by atoms with van der Waals surface area (Å²) in [5.41, 5.74) is 0. The highest BCUT2D eigenvalue weighted by atomic mass is 127. The molecule has 1 aliphatic rings. The smallest absolute Gasteiger partial charge is 0.142 e. The molecule has 1 saturated heterocycles. The normalized spacial score (nSPS) is 17.2. The van der Waals surface area contributed by atoms with Gasteiger partial charge in [0.25, 0.3) is 0 Å². The highest BCUT2D eigenvalue weighted by Crippen LogP contribution is 2.26. The lowest BCUT2D eigenvalue weighted by Crippen LogP contribution is -2.49. The highest BCUT2D eigenvalue weighted by Gasteiger charge is 2.27. The lowest BCUT2D eigenvalue weighted by Gasteiger charge is -2.39. The zero-order valence-corrected chi connectivity index (χ0v) is 9.31. The maximum atomic E-state index is 8.87. The van der Waals surface area contributed by atoms with Gasteiger partial charge in [0.15, 0.2) is 0 Å². The third kappa shape index (κ3) is 1.78. The Balaban J connectivity index is 2.07. The topological polar surface area (TPSA) is 36.4 Å². The van der Waals surface area contributed by atoms with Gasteiger partial charge in [-0.05, 0) is 34.7 Å². The summed E-state index contributed by atoms with van der Waals surface area (Å²) in [5.74, 6) is 1.49. The Hall–Kier alpha value is -0.360. The Morgan fingerprint density at radius 3 is 3.00 bits per heavy atom. The Morgan fingerprint density at radius 1 is 1.62 bits per heavy atom. The van der Waals surface area contributed by atoms with Gasteiger partial charge in [-0.2, -0.15) is 0 Å². The summed E-state index contributed by atoms with van der Waals surface area (Å²) >= 11 is 2.29. The molecule has 13 heavy (non-hydrogen) atoms. The first-order chi connectivity index (χ1) is 6.31. The Kier molecular flexibility index (Phi) is 2.69. The highest BCUT2D eigenvalue weighted by molar-refractivity contribution is 14.1. The van der Waals surface area contributed by atoms with Crippen molar-refractivity contribution < 1.29 is 5.11 Å². The van der Waals surface area contributed by atoms with Crippen molar-refractivity contribution in [1.82, 2.24) is 4.98 Å². The van der Waals surface area contributed by atoms with Gasteiger partial charge in [0.1, 0.15) is 5.82 Å². The van der Waals surface area contributed by atoms with Crippen LogP contribution in [0.4, 0.5) is 5.82 Å². The van der Waals surface area contributed by atoms with E-state index in [0.29, 0.717) is 12.5 Å². The second kappa shape index (κ2) is 3.79. The van der Waals surface area contributed by atoms with E-state index >= 15 is 0 Å². The molecule has 0 aliphatic carbocycles. The molecule has 0 radical (unpaired) electrons. The zero-order chi connectivity index (χ0) is 9.26. The Bertz CT molecular complexity index is 299. The van der Waals surface area contributed by atoms with E-state index in [2.05, 4.69) is 38.5 Å². The maximum Gasteiger partial charge on any atom is 0.142 e. The number of aliphatic hydroxyl groups is 1. The molecule has 0 atom stereocenters. The number of anilines is 1. The summed E-state index contributed by atoms with van der Waals surface area (Å²) < 4.78 is 1.18. The monoisotopic (exact) mass is 290 g/mol. The molecule has 1 aromatic rings. The van der Waals surface area contributed by atoms with Crippen molar-refractivity contribution in [1.29, 1.82) is 0 Å². The van der Waals surface area contributed by atoms with Crippen molar-refractivity contribution in [2.75, 3.05) is 24.6 Å². The number of aromatic nitrogens is 1. The molecule has 0 unspecified atom stereocenters. The van der Waals surface area contributed by atoms with Gasteiger partial charge in [0.05, 0.1) is 3.57 Å². The van der Waals surface area contributed by atoms with E-state index in [-0.39, 0.29) is 0 Å². The molecular formula is C9H11IN2O. The molecule has 2 heterocycles. The number of hydrogen-bond acceptors (Lipinski definition) is 3. The fraction of sp³-hybridized carbons (Fsp3) is 0.444. The Morgan fingerprint density at radius 2 is 2.38 bits per heavy atom. The van der Waals surface area contributed by atoms with Crippen molar-refractivity contribution in [2.45, 2.75) is 0 Å². The number of rotatable bonds is 2. The van der Waals surface area contributed by atoms with Crippen LogP contribution in [0.1, 0.15) is 0 Å². The largest absolute Gasteiger partial charge is 0.396 e. The van der Waals surface area contributed by atoms with Gasteiger partial charge in [-0.1, -0.05) is 0 Å². The molecule has 4 heteroatoms. The van der Waals surface area contributed by atoms with Crippen molar-refractivity contribution in [3.05, 3.63) is 21.9 Å². The summed E-state index contributed by atoms with van der Waals surface area (Å²) in [7, 11) is 0. The van der Waals surface area contributed by atoms with E-state index in [9.17, 15) is 0 Å². The molecule has 1 N–H and O–H groups in total. The van der Waals surface area contributed by atoms with Gasteiger partial charge in [-0.15, -0.1) is 0 Å². The fourth-order valence-electron chi connectivity index (χ4n) is 1.47. The fourth-order valence-corrected chi connectivity index (χ4v) is 2.16. The van der Waals surface area contributed by atoms with E-state index in [4.69, 9.17) is 5.11 Å². The van der Waals surface area contributed by atoms with Gasteiger partial charge < -0.3 is 10.0 Å². The SMILES string of the molecule is OCC1CN(c2ncccc2I)C1. The van der Waals surface area contributed by atoms with Crippen LogP contribution in [-0.4, -0.2) is 29.8 Å². The average molecular weight is 290 g/mol. The number of nitrogens with zero attached hydrogens (tertiary/aromatic N) is 2. The Labute approximate surface area is 90.9 Å². The molecule has 70 valence electrons. The van der Waals surface area contributed by atoms with E-state index in [0.717, 1.165) is 18.9 Å². The van der Waals surface area contributed by atoms with Crippen molar-refractivity contribution >= 4 is 28.4 Å². The van der Waals surface area contributed by atoms with Crippen molar-refractivity contribution in [2.24, 2.45) is 5.92 Å². The van der Waals surface area contributed by atoms with Crippen LogP contribution in [0.3, 0.4) is 0 Å². The quantitative estimate of drug-likeness (QED) is 0.829. The van der Waals surface area contributed by atoms with Crippen molar-refractivity contribution in [3.63, 3.8) is 0 Å². The minimum atomic E-state index is 0.292. The van der Waals surface area contributed by atoms with Gasteiger partial charge in [-0.3, -0.25) is 0 Å². The second-order valence-electron chi connectivity index (χ2n) is 3.26. The molecule has 0 spiro atoms.